The Morgan fingerprint density at radius 1 is 1.29 bits per heavy atom. The van der Waals surface area contributed by atoms with Gasteiger partial charge in [0.15, 0.2) is 0 Å². The SMILES string of the molecule is COc1cc2occc2cc1C(C)C. The van der Waals surface area contributed by atoms with Crippen LogP contribution in [0.2, 0.25) is 0 Å². The summed E-state index contributed by atoms with van der Waals surface area (Å²) < 4.78 is 10.6. The second-order valence-corrected chi connectivity index (χ2v) is 3.71. The van der Waals surface area contributed by atoms with Gasteiger partial charge in [-0.1, -0.05) is 13.8 Å². The molecule has 14 heavy (non-hydrogen) atoms. The van der Waals surface area contributed by atoms with E-state index in [1.165, 1.54) is 5.56 Å². The Labute approximate surface area is 83.5 Å². The Kier molecular flexibility index (Phi) is 2.20. The molecular formula is C12H14O2. The number of rotatable bonds is 2. The highest BCUT2D eigenvalue weighted by molar-refractivity contribution is 5.80. The Balaban J connectivity index is 2.66. The van der Waals surface area contributed by atoms with E-state index in [1.807, 2.05) is 12.1 Å². The van der Waals surface area contributed by atoms with E-state index in [4.69, 9.17) is 9.15 Å². The quantitative estimate of drug-likeness (QED) is 0.722. The van der Waals surface area contributed by atoms with Crippen LogP contribution in [0.5, 0.6) is 5.75 Å². The van der Waals surface area contributed by atoms with Crippen LogP contribution in [0.3, 0.4) is 0 Å². The third kappa shape index (κ3) is 1.37. The first-order valence-electron chi connectivity index (χ1n) is 4.77. The Hall–Kier alpha value is -1.44. The van der Waals surface area contributed by atoms with Crippen LogP contribution < -0.4 is 4.74 Å². The number of benzene rings is 1. The Bertz CT molecular complexity index is 441. The summed E-state index contributed by atoms with van der Waals surface area (Å²) in [7, 11) is 1.69. The maximum absolute atomic E-state index is 5.32. The van der Waals surface area contributed by atoms with Crippen molar-refractivity contribution in [2.24, 2.45) is 0 Å². The van der Waals surface area contributed by atoms with Crippen LogP contribution in [0.1, 0.15) is 25.3 Å². The number of hydrogen-bond donors (Lipinski definition) is 0. The van der Waals surface area contributed by atoms with Crippen LogP contribution in [0.4, 0.5) is 0 Å². The lowest BCUT2D eigenvalue weighted by Gasteiger charge is -2.11. The lowest BCUT2D eigenvalue weighted by Crippen LogP contribution is -1.93. The molecule has 74 valence electrons. The first-order valence-corrected chi connectivity index (χ1v) is 4.77. The summed E-state index contributed by atoms with van der Waals surface area (Å²) in [5.41, 5.74) is 2.10. The van der Waals surface area contributed by atoms with Crippen molar-refractivity contribution < 1.29 is 9.15 Å². The highest BCUT2D eigenvalue weighted by Gasteiger charge is 2.09. The standard InChI is InChI=1S/C12H14O2/c1-8(2)10-6-9-4-5-14-11(9)7-12(10)13-3/h4-8H,1-3H3. The minimum atomic E-state index is 0.462. The van der Waals surface area contributed by atoms with Gasteiger partial charge in [-0.3, -0.25) is 0 Å². The molecule has 1 aromatic heterocycles. The Morgan fingerprint density at radius 3 is 2.71 bits per heavy atom. The molecule has 1 aromatic carbocycles. The molecule has 1 heterocycles. The van der Waals surface area contributed by atoms with E-state index >= 15 is 0 Å². The lowest BCUT2D eigenvalue weighted by molar-refractivity contribution is 0.407. The molecule has 0 saturated heterocycles. The summed E-state index contributed by atoms with van der Waals surface area (Å²) in [6, 6.07) is 6.05. The molecule has 2 rings (SSSR count). The van der Waals surface area contributed by atoms with Crippen molar-refractivity contribution in [3.63, 3.8) is 0 Å². The molecule has 2 heteroatoms. The summed E-state index contributed by atoms with van der Waals surface area (Å²) in [6.45, 7) is 4.31. The lowest BCUT2D eigenvalue weighted by atomic mass is 10.0. The van der Waals surface area contributed by atoms with Crippen molar-refractivity contribution in [3.8, 4) is 5.75 Å². The number of furan rings is 1. The van der Waals surface area contributed by atoms with Gasteiger partial charge in [-0.15, -0.1) is 0 Å². The van der Waals surface area contributed by atoms with E-state index in [9.17, 15) is 0 Å². The molecule has 0 bridgehead atoms. The fourth-order valence-corrected chi connectivity index (χ4v) is 1.64. The summed E-state index contributed by atoms with van der Waals surface area (Å²) in [5, 5.41) is 1.13. The number of hydrogen-bond acceptors (Lipinski definition) is 2. The zero-order valence-electron chi connectivity index (χ0n) is 8.70. The minimum Gasteiger partial charge on any atom is -0.496 e. The van der Waals surface area contributed by atoms with Gasteiger partial charge >= 0.3 is 0 Å². The van der Waals surface area contributed by atoms with Crippen LogP contribution in [-0.4, -0.2) is 7.11 Å². The molecule has 0 spiro atoms. The van der Waals surface area contributed by atoms with Gasteiger partial charge in [0.25, 0.3) is 0 Å². The van der Waals surface area contributed by atoms with Gasteiger partial charge in [0.05, 0.1) is 13.4 Å². The molecule has 0 fully saturated rings. The van der Waals surface area contributed by atoms with E-state index in [-0.39, 0.29) is 0 Å². The zero-order chi connectivity index (χ0) is 10.1. The van der Waals surface area contributed by atoms with Crippen LogP contribution in [0, 0.1) is 0 Å². The monoisotopic (exact) mass is 190 g/mol. The third-order valence-corrected chi connectivity index (χ3v) is 2.43. The molecule has 0 aliphatic rings. The van der Waals surface area contributed by atoms with E-state index in [2.05, 4.69) is 19.9 Å². The van der Waals surface area contributed by atoms with E-state index in [1.54, 1.807) is 13.4 Å². The summed E-state index contributed by atoms with van der Waals surface area (Å²) in [4.78, 5) is 0. The predicted octanol–water partition coefficient (Wildman–Crippen LogP) is 3.56. The van der Waals surface area contributed by atoms with Gasteiger partial charge in [-0.2, -0.15) is 0 Å². The molecule has 0 N–H and O–H groups in total. The first-order chi connectivity index (χ1) is 6.72. The van der Waals surface area contributed by atoms with Crippen LogP contribution in [-0.2, 0) is 0 Å². The average molecular weight is 190 g/mol. The molecule has 0 unspecified atom stereocenters. The smallest absolute Gasteiger partial charge is 0.137 e. The molecule has 0 aliphatic carbocycles. The molecule has 0 saturated carbocycles. The summed E-state index contributed by atoms with van der Waals surface area (Å²) in [6.07, 6.45) is 1.70. The molecule has 2 nitrogen and oxygen atoms in total. The van der Waals surface area contributed by atoms with Gasteiger partial charge < -0.3 is 9.15 Å². The summed E-state index contributed by atoms with van der Waals surface area (Å²) in [5.74, 6) is 1.37. The zero-order valence-corrected chi connectivity index (χ0v) is 8.70. The van der Waals surface area contributed by atoms with Crippen molar-refractivity contribution in [1.29, 1.82) is 0 Å². The molecule has 0 atom stereocenters. The first kappa shape index (κ1) is 9.13. The van der Waals surface area contributed by atoms with Crippen LogP contribution in [0.15, 0.2) is 28.9 Å². The highest BCUT2D eigenvalue weighted by atomic mass is 16.5. The van der Waals surface area contributed by atoms with Crippen molar-refractivity contribution in [3.05, 3.63) is 30.0 Å². The van der Waals surface area contributed by atoms with Gasteiger partial charge in [0, 0.05) is 11.5 Å². The number of ether oxygens (including phenoxy) is 1. The highest BCUT2D eigenvalue weighted by Crippen LogP contribution is 2.31. The van der Waals surface area contributed by atoms with Crippen molar-refractivity contribution in [1.82, 2.24) is 0 Å². The van der Waals surface area contributed by atoms with E-state index in [0.29, 0.717) is 5.92 Å². The fourth-order valence-electron chi connectivity index (χ4n) is 1.64. The number of methoxy groups -OCH3 is 1. The van der Waals surface area contributed by atoms with Crippen molar-refractivity contribution >= 4 is 11.0 Å². The molecule has 2 aromatic rings. The largest absolute Gasteiger partial charge is 0.496 e. The molecular weight excluding hydrogens is 176 g/mol. The van der Waals surface area contributed by atoms with Gasteiger partial charge in [-0.25, -0.2) is 0 Å². The molecule has 0 amide bonds. The van der Waals surface area contributed by atoms with Crippen LogP contribution in [0.25, 0.3) is 11.0 Å². The fraction of sp³-hybridized carbons (Fsp3) is 0.333. The molecule has 0 radical (unpaired) electrons. The minimum absolute atomic E-state index is 0.462. The van der Waals surface area contributed by atoms with Crippen molar-refractivity contribution in [2.45, 2.75) is 19.8 Å². The Morgan fingerprint density at radius 2 is 2.07 bits per heavy atom. The number of fused-ring (bicyclic) bond motifs is 1. The normalized spacial score (nSPS) is 11.1. The maximum Gasteiger partial charge on any atom is 0.137 e. The topological polar surface area (TPSA) is 22.4 Å². The van der Waals surface area contributed by atoms with E-state index in [0.717, 1.165) is 16.7 Å². The molecule has 0 aliphatic heterocycles. The maximum atomic E-state index is 5.32. The predicted molar refractivity (Wildman–Crippen MR) is 56.9 cm³/mol. The van der Waals surface area contributed by atoms with Gasteiger partial charge in [0.1, 0.15) is 11.3 Å². The van der Waals surface area contributed by atoms with Gasteiger partial charge in [0.2, 0.25) is 0 Å². The van der Waals surface area contributed by atoms with Crippen LogP contribution >= 0.6 is 0 Å². The summed E-state index contributed by atoms with van der Waals surface area (Å²) >= 11 is 0. The second-order valence-electron chi connectivity index (χ2n) is 3.71. The third-order valence-electron chi connectivity index (χ3n) is 2.43. The average Bonchev–Trinajstić information content (AvgIpc) is 2.62. The van der Waals surface area contributed by atoms with E-state index < -0.39 is 0 Å². The second kappa shape index (κ2) is 3.37. The van der Waals surface area contributed by atoms with Crippen molar-refractivity contribution in [2.75, 3.05) is 7.11 Å². The van der Waals surface area contributed by atoms with Gasteiger partial charge in [-0.05, 0) is 23.6 Å².